The number of hydrogen-bond acceptors (Lipinski definition) is 2. The summed E-state index contributed by atoms with van der Waals surface area (Å²) in [5.74, 6) is -0.487. The normalized spacial score (nSPS) is 11.3. The lowest BCUT2D eigenvalue weighted by Crippen LogP contribution is -2.09. The van der Waals surface area contributed by atoms with Crippen LogP contribution >= 0.6 is 7.14 Å². The summed E-state index contributed by atoms with van der Waals surface area (Å²) < 4.78 is 24.3. The highest BCUT2D eigenvalue weighted by atomic mass is 31.2. The van der Waals surface area contributed by atoms with Gasteiger partial charge in [-0.3, -0.25) is 4.79 Å². The fourth-order valence-corrected chi connectivity index (χ4v) is 2.28. The third kappa shape index (κ3) is 2.25. The molecule has 1 aromatic rings. The molecule has 4 heteroatoms. The van der Waals surface area contributed by atoms with Crippen LogP contribution in [0.4, 0.5) is 4.39 Å². The summed E-state index contributed by atoms with van der Waals surface area (Å²) in [7, 11) is -2.49. The molecule has 0 N–H and O–H groups in total. The Morgan fingerprint density at radius 2 is 2.00 bits per heavy atom. The van der Waals surface area contributed by atoms with E-state index in [2.05, 4.69) is 0 Å². The van der Waals surface area contributed by atoms with Crippen molar-refractivity contribution in [3.63, 3.8) is 0 Å². The number of aldehydes is 1. The average Bonchev–Trinajstić information content (AvgIpc) is 2.01. The maximum atomic E-state index is 12.7. The van der Waals surface area contributed by atoms with Gasteiger partial charge in [-0.05, 0) is 31.5 Å². The Labute approximate surface area is 76.1 Å². The quantitative estimate of drug-likeness (QED) is 0.539. The molecule has 13 heavy (non-hydrogen) atoms. The smallest absolute Gasteiger partial charge is 0.150 e. The van der Waals surface area contributed by atoms with Crippen molar-refractivity contribution in [2.75, 3.05) is 13.3 Å². The predicted molar refractivity (Wildman–Crippen MR) is 50.9 cm³/mol. The van der Waals surface area contributed by atoms with Crippen molar-refractivity contribution in [2.45, 2.75) is 0 Å². The molecule has 70 valence electrons. The maximum Gasteiger partial charge on any atom is 0.150 e. The Bertz CT molecular complexity index is 381. The van der Waals surface area contributed by atoms with E-state index in [4.69, 9.17) is 0 Å². The SMILES string of the molecule is CP(C)(=O)c1ccc(F)cc1C=O. The van der Waals surface area contributed by atoms with Gasteiger partial charge in [0.1, 0.15) is 13.0 Å². The first kappa shape index (κ1) is 10.1. The minimum atomic E-state index is -2.49. The second-order valence-corrected chi connectivity index (χ2v) is 6.36. The molecule has 0 aliphatic rings. The summed E-state index contributed by atoms with van der Waals surface area (Å²) in [5, 5.41) is 0.434. The Hall–Kier alpha value is -0.950. The van der Waals surface area contributed by atoms with Crippen molar-refractivity contribution in [3.05, 3.63) is 29.6 Å². The van der Waals surface area contributed by atoms with Crippen molar-refractivity contribution < 1.29 is 13.8 Å². The first-order valence-corrected chi connectivity index (χ1v) is 6.35. The molecule has 0 aliphatic carbocycles. The van der Waals surface area contributed by atoms with Crippen LogP contribution in [0.2, 0.25) is 0 Å². The van der Waals surface area contributed by atoms with Gasteiger partial charge in [0.25, 0.3) is 0 Å². The Kier molecular flexibility index (Phi) is 2.67. The molecule has 0 amide bonds. The molecule has 0 atom stereocenters. The van der Waals surface area contributed by atoms with Gasteiger partial charge in [0.15, 0.2) is 6.29 Å². The van der Waals surface area contributed by atoms with Gasteiger partial charge in [-0.2, -0.15) is 0 Å². The molecule has 0 aliphatic heterocycles. The Morgan fingerprint density at radius 3 is 2.46 bits per heavy atom. The van der Waals surface area contributed by atoms with E-state index in [-0.39, 0.29) is 5.56 Å². The minimum absolute atomic E-state index is 0.174. The Balaban J connectivity index is 3.38. The second kappa shape index (κ2) is 3.43. The molecule has 2 nitrogen and oxygen atoms in total. The highest BCUT2D eigenvalue weighted by Gasteiger charge is 2.15. The largest absolute Gasteiger partial charge is 0.319 e. The fourth-order valence-electron chi connectivity index (χ4n) is 1.11. The van der Waals surface area contributed by atoms with E-state index < -0.39 is 13.0 Å². The molecule has 0 aromatic heterocycles. The zero-order valence-electron chi connectivity index (χ0n) is 7.45. The van der Waals surface area contributed by atoms with Gasteiger partial charge in [0, 0.05) is 10.9 Å². The number of hydrogen-bond donors (Lipinski definition) is 0. The van der Waals surface area contributed by atoms with E-state index in [0.717, 1.165) is 6.07 Å². The first-order chi connectivity index (χ1) is 5.95. The van der Waals surface area contributed by atoms with Crippen molar-refractivity contribution in [1.82, 2.24) is 0 Å². The van der Waals surface area contributed by atoms with Gasteiger partial charge in [-0.25, -0.2) is 4.39 Å². The highest BCUT2D eigenvalue weighted by molar-refractivity contribution is 7.70. The van der Waals surface area contributed by atoms with Gasteiger partial charge in [0.2, 0.25) is 0 Å². The topological polar surface area (TPSA) is 34.1 Å². The molecule has 0 spiro atoms. The third-order valence-corrected chi connectivity index (χ3v) is 3.26. The predicted octanol–water partition coefficient (Wildman–Crippen LogP) is 1.89. The number of benzene rings is 1. The van der Waals surface area contributed by atoms with E-state index in [1.807, 2.05) is 0 Å². The highest BCUT2D eigenvalue weighted by Crippen LogP contribution is 2.35. The molecule has 0 unspecified atom stereocenters. The minimum Gasteiger partial charge on any atom is -0.319 e. The molecule has 0 fully saturated rings. The lowest BCUT2D eigenvalue weighted by atomic mass is 10.2. The number of carbonyl (C=O) groups is 1. The summed E-state index contributed by atoms with van der Waals surface area (Å²) in [5.41, 5.74) is 0.174. The first-order valence-electron chi connectivity index (χ1n) is 3.75. The molecular weight excluding hydrogens is 190 g/mol. The molecular formula is C9H10FO2P. The van der Waals surface area contributed by atoms with Crippen molar-refractivity contribution >= 4 is 18.7 Å². The van der Waals surface area contributed by atoms with Crippen LogP contribution < -0.4 is 5.30 Å². The number of halogens is 1. The van der Waals surface area contributed by atoms with Gasteiger partial charge < -0.3 is 4.57 Å². The summed E-state index contributed by atoms with van der Waals surface area (Å²) in [6, 6.07) is 3.71. The van der Waals surface area contributed by atoms with Crippen LogP contribution in [-0.4, -0.2) is 19.6 Å². The van der Waals surface area contributed by atoms with Crippen LogP contribution in [0.1, 0.15) is 10.4 Å². The summed E-state index contributed by atoms with van der Waals surface area (Å²) in [6.45, 7) is 3.10. The van der Waals surface area contributed by atoms with Crippen LogP contribution in [0.25, 0.3) is 0 Å². The van der Waals surface area contributed by atoms with Crippen LogP contribution in [0.5, 0.6) is 0 Å². The zero-order chi connectivity index (χ0) is 10.1. The molecule has 1 aromatic carbocycles. The number of rotatable bonds is 2. The van der Waals surface area contributed by atoms with E-state index in [9.17, 15) is 13.8 Å². The molecule has 1 rings (SSSR count). The zero-order valence-corrected chi connectivity index (χ0v) is 8.35. The molecule has 0 radical (unpaired) electrons. The van der Waals surface area contributed by atoms with Crippen LogP contribution in [0.15, 0.2) is 18.2 Å². The molecule has 0 bridgehead atoms. The van der Waals surface area contributed by atoms with Gasteiger partial charge in [-0.15, -0.1) is 0 Å². The van der Waals surface area contributed by atoms with E-state index in [1.54, 1.807) is 13.3 Å². The van der Waals surface area contributed by atoms with Crippen LogP contribution in [0, 0.1) is 5.82 Å². The summed E-state index contributed by atoms with van der Waals surface area (Å²) in [4.78, 5) is 10.5. The molecule has 0 heterocycles. The second-order valence-electron chi connectivity index (χ2n) is 3.17. The van der Waals surface area contributed by atoms with Gasteiger partial charge >= 0.3 is 0 Å². The fraction of sp³-hybridized carbons (Fsp3) is 0.222. The van der Waals surface area contributed by atoms with Gasteiger partial charge in [0.05, 0.1) is 0 Å². The standard InChI is InChI=1S/C9H10FO2P/c1-13(2,12)9-4-3-8(10)5-7(9)6-11/h3-6H,1-2H3. The Morgan fingerprint density at radius 1 is 1.38 bits per heavy atom. The van der Waals surface area contributed by atoms with Crippen molar-refractivity contribution in [3.8, 4) is 0 Å². The molecule has 0 saturated carbocycles. The van der Waals surface area contributed by atoms with E-state index >= 15 is 0 Å². The maximum absolute atomic E-state index is 12.7. The van der Waals surface area contributed by atoms with Gasteiger partial charge in [-0.1, -0.05) is 0 Å². The average molecular weight is 200 g/mol. The monoisotopic (exact) mass is 200 g/mol. The van der Waals surface area contributed by atoms with Crippen LogP contribution in [-0.2, 0) is 4.57 Å². The van der Waals surface area contributed by atoms with Crippen molar-refractivity contribution in [1.29, 1.82) is 0 Å². The van der Waals surface area contributed by atoms with Crippen LogP contribution in [0.3, 0.4) is 0 Å². The van der Waals surface area contributed by atoms with Crippen molar-refractivity contribution in [2.24, 2.45) is 0 Å². The molecule has 0 saturated heterocycles. The summed E-state index contributed by atoms with van der Waals surface area (Å²) in [6.07, 6.45) is 0.526. The number of carbonyl (C=O) groups excluding carboxylic acids is 1. The third-order valence-electron chi connectivity index (χ3n) is 1.70. The summed E-state index contributed by atoms with van der Waals surface area (Å²) >= 11 is 0. The lowest BCUT2D eigenvalue weighted by molar-refractivity contribution is 0.112. The van der Waals surface area contributed by atoms with E-state index in [1.165, 1.54) is 12.1 Å². The van der Waals surface area contributed by atoms with E-state index in [0.29, 0.717) is 11.6 Å². The lowest BCUT2D eigenvalue weighted by Gasteiger charge is -2.08.